The number of nitrogens with one attached hydrogen (secondary N) is 1. The third-order valence-corrected chi connectivity index (χ3v) is 13.3. The second-order valence-electron chi connectivity index (χ2n) is 18.0. The van der Waals surface area contributed by atoms with Gasteiger partial charge in [0.2, 0.25) is 5.96 Å². The molecule has 16 nitrogen and oxygen atoms in total. The Morgan fingerprint density at radius 3 is 2.24 bits per heavy atom. The number of hydrogen-bond donors (Lipinski definition) is 6. The van der Waals surface area contributed by atoms with E-state index in [9.17, 15) is 45.3 Å². The van der Waals surface area contributed by atoms with Gasteiger partial charge in [-0.2, -0.15) is 0 Å². The van der Waals surface area contributed by atoms with E-state index in [1.54, 1.807) is 44.7 Å². The lowest BCUT2D eigenvalue weighted by atomic mass is 9.78. The van der Waals surface area contributed by atoms with Crippen molar-refractivity contribution in [2.75, 3.05) is 44.7 Å². The number of Topliss-reactive ketones (excluding diaryl/α,β-unsaturated/α-hetero) is 1. The van der Waals surface area contributed by atoms with Gasteiger partial charge in [0.15, 0.2) is 5.75 Å². The van der Waals surface area contributed by atoms with Crippen LogP contribution in [0.4, 0.5) is 5.69 Å². The summed E-state index contributed by atoms with van der Waals surface area (Å²) in [4.78, 5) is 46.4. The number of aliphatic hydroxyl groups excluding tert-OH is 2. The molecule has 0 unspecified atom stereocenters. The second-order valence-corrected chi connectivity index (χ2v) is 18.0. The van der Waals surface area contributed by atoms with Gasteiger partial charge in [-0.05, 0) is 25.5 Å². The highest BCUT2D eigenvalue weighted by atomic mass is 16.7. The van der Waals surface area contributed by atoms with Crippen molar-refractivity contribution in [1.82, 2.24) is 9.80 Å². The number of carbonyl (C=O) groups excluding carboxylic acids is 3. The van der Waals surface area contributed by atoms with Crippen LogP contribution in [0.1, 0.15) is 70.0 Å². The summed E-state index contributed by atoms with van der Waals surface area (Å²) < 4.78 is 23.6. The average molecular weight is 925 g/mol. The fourth-order valence-corrected chi connectivity index (χ4v) is 9.17. The lowest BCUT2D eigenvalue weighted by Gasteiger charge is -2.38. The van der Waals surface area contributed by atoms with Crippen molar-refractivity contribution in [3.63, 3.8) is 0 Å². The van der Waals surface area contributed by atoms with E-state index >= 15 is 0 Å². The molecule has 4 aliphatic heterocycles. The first kappa shape index (κ1) is 50.2. The van der Waals surface area contributed by atoms with Gasteiger partial charge >= 0.3 is 11.8 Å². The highest BCUT2D eigenvalue weighted by Crippen LogP contribution is 2.54. The molecule has 0 radical (unpaired) electrons. The zero-order chi connectivity index (χ0) is 49.1. The van der Waals surface area contributed by atoms with Gasteiger partial charge in [0.25, 0.3) is 11.7 Å². The van der Waals surface area contributed by atoms with Crippen molar-refractivity contribution >= 4 is 46.2 Å². The lowest BCUT2D eigenvalue weighted by Crippen LogP contribution is -2.54. The fourth-order valence-electron chi connectivity index (χ4n) is 9.17. The highest BCUT2D eigenvalue weighted by molar-refractivity contribution is 6.25. The molecule has 1 amide bonds. The quantitative estimate of drug-likeness (QED) is 0.0705. The number of benzene rings is 3. The molecule has 6 N–H and O–H groups in total. The summed E-state index contributed by atoms with van der Waals surface area (Å²) in [6.45, 7) is 14.9. The molecule has 1 fully saturated rings. The van der Waals surface area contributed by atoms with Crippen LogP contribution in [0.15, 0.2) is 78.6 Å². The molecule has 1 saturated heterocycles. The number of ether oxygens (including phenoxy) is 4. The summed E-state index contributed by atoms with van der Waals surface area (Å²) in [6.07, 6.45) is 7.54. The average Bonchev–Trinajstić information content (AvgIpc) is 3.57. The Morgan fingerprint density at radius 1 is 0.925 bits per heavy atom. The number of allylic oxidation sites excluding steroid dienone is 2. The number of fused-ring (bicyclic) bond motifs is 14. The van der Waals surface area contributed by atoms with Crippen molar-refractivity contribution in [3.8, 4) is 23.0 Å². The molecule has 0 spiro atoms. The van der Waals surface area contributed by atoms with Crippen LogP contribution in [0.25, 0.3) is 16.8 Å². The third-order valence-electron chi connectivity index (χ3n) is 13.3. The Labute approximate surface area is 391 Å². The van der Waals surface area contributed by atoms with Crippen molar-refractivity contribution in [2.24, 2.45) is 23.7 Å². The number of guanidine groups is 1. The van der Waals surface area contributed by atoms with Crippen molar-refractivity contribution in [3.05, 3.63) is 95.3 Å². The topological polar surface area (TPSA) is 223 Å². The molecule has 67 heavy (non-hydrogen) atoms. The number of amides is 1. The predicted molar refractivity (Wildman–Crippen MR) is 254 cm³/mol. The molecule has 0 aliphatic carbocycles. The van der Waals surface area contributed by atoms with Gasteiger partial charge in [0, 0.05) is 99.9 Å². The van der Waals surface area contributed by atoms with Crippen LogP contribution in [-0.2, 0) is 23.8 Å². The molecule has 16 heteroatoms. The Bertz CT molecular complexity index is 2480. The Kier molecular flexibility index (Phi) is 15.6. The number of hydrogen-bond acceptors (Lipinski definition) is 14. The van der Waals surface area contributed by atoms with Crippen LogP contribution < -0.4 is 9.64 Å². The van der Waals surface area contributed by atoms with Crippen LogP contribution in [0.3, 0.4) is 0 Å². The third kappa shape index (κ3) is 10.2. The summed E-state index contributed by atoms with van der Waals surface area (Å²) in [5.41, 5.74) is 0.687. The van der Waals surface area contributed by atoms with Gasteiger partial charge in [-0.15, -0.1) is 0 Å². The SMILES string of the molecule is CO[C@H]1/C=C/O[C@@]2(C)Oc3c(C)c(O)c4c(O)c(cc(O)c4c3C2=O)N(C(=N)N2CCN(C/C=C/c3ccccc3)CC2)C(=O)/C(C)=C\C=C\[C@H](C)[C@H](O)[C@@H](C)[C@@H](O)[C@@H](C)[C@H](OC(C)=O)[C@@H]1C. The number of carbonyl (C=O) groups is 3. The molecule has 360 valence electrons. The number of anilines is 1. The summed E-state index contributed by atoms with van der Waals surface area (Å²) in [7, 11) is 1.43. The molecular weight excluding hydrogens is 861 g/mol. The molecule has 4 heterocycles. The first-order valence-electron chi connectivity index (χ1n) is 22.6. The smallest absolute Gasteiger partial charge is 0.312 e. The van der Waals surface area contributed by atoms with Crippen LogP contribution in [-0.4, -0.2) is 129 Å². The summed E-state index contributed by atoms with van der Waals surface area (Å²) in [6, 6.07) is 11.0. The Morgan fingerprint density at radius 2 is 1.60 bits per heavy atom. The van der Waals surface area contributed by atoms with E-state index in [4.69, 9.17) is 18.9 Å². The van der Waals surface area contributed by atoms with E-state index < -0.39 is 88.8 Å². The minimum absolute atomic E-state index is 0.0295. The lowest BCUT2D eigenvalue weighted by molar-refractivity contribution is -0.160. The number of aromatic hydroxyl groups is 3. The zero-order valence-corrected chi connectivity index (χ0v) is 39.6. The number of phenols is 3. The van der Waals surface area contributed by atoms with Gasteiger partial charge < -0.3 is 49.4 Å². The Balaban J connectivity index is 1.44. The Hall–Kier alpha value is -6.20. The van der Waals surface area contributed by atoms with E-state index in [2.05, 4.69) is 11.0 Å². The standard InChI is InChI=1S/C51H64N4O12/c1-28-15-13-16-29(2)49(63)55(50(52)54-24-22-53(23-25-54)21-14-19-35-17-11-10-12-18-35)36-27-37(57)39-40(45(36)61)44(60)33(6)47-41(39)48(62)51(8,67-47)65-26-20-38(64-9)30(3)46(66-34(7)56)32(5)43(59)31(4)42(28)58/h10-20,26-28,30-32,38,42-43,46,52,57-61H,21-25H2,1-9H3/b15-13+,19-14+,26-20+,29-16-,52-50?/t28-,30+,31+,32+,38-,42-,43+,46+,51-/m0/s1. The molecule has 7 rings (SSSR count). The molecule has 9 atom stereocenters. The largest absolute Gasteiger partial charge is 0.507 e. The van der Waals surface area contributed by atoms with E-state index in [0.29, 0.717) is 32.7 Å². The summed E-state index contributed by atoms with van der Waals surface area (Å²) in [5.74, 6) is -9.00. The molecule has 3 aromatic rings. The monoisotopic (exact) mass is 924 g/mol. The van der Waals surface area contributed by atoms with Crippen molar-refractivity contribution < 1.29 is 58.9 Å². The number of aliphatic hydroxyl groups is 2. The van der Waals surface area contributed by atoms with Crippen LogP contribution in [0.2, 0.25) is 0 Å². The molecular formula is C51H64N4O12. The first-order valence-corrected chi connectivity index (χ1v) is 22.6. The van der Waals surface area contributed by atoms with Gasteiger partial charge in [-0.25, -0.2) is 4.90 Å². The maximum absolute atomic E-state index is 14.7. The summed E-state index contributed by atoms with van der Waals surface area (Å²) in [5, 5.41) is 67.8. The highest BCUT2D eigenvalue weighted by Gasteiger charge is 2.50. The fraction of sp³-hybridized carbons (Fsp3) is 0.451. The molecule has 4 aliphatic rings. The molecule has 3 aromatic carbocycles. The minimum atomic E-state index is -2.06. The van der Waals surface area contributed by atoms with E-state index in [1.807, 2.05) is 36.4 Å². The first-order chi connectivity index (χ1) is 31.7. The van der Waals surface area contributed by atoms with E-state index in [-0.39, 0.29) is 44.9 Å². The molecule has 5 bridgehead atoms. The van der Waals surface area contributed by atoms with Crippen LogP contribution in [0, 0.1) is 36.0 Å². The van der Waals surface area contributed by atoms with Gasteiger partial charge in [-0.3, -0.25) is 24.7 Å². The normalized spacial score (nSPS) is 29.7. The number of phenolic OH excluding ortho intramolecular Hbond substituents is 3. The van der Waals surface area contributed by atoms with Gasteiger partial charge in [0.1, 0.15) is 23.4 Å². The zero-order valence-electron chi connectivity index (χ0n) is 39.6. The number of ketones is 1. The number of nitrogens with zero attached hydrogens (tertiary/aromatic N) is 3. The number of piperazine rings is 1. The van der Waals surface area contributed by atoms with E-state index in [0.717, 1.165) is 16.5 Å². The van der Waals surface area contributed by atoms with Gasteiger partial charge in [0.05, 0.1) is 41.2 Å². The minimum Gasteiger partial charge on any atom is -0.507 e. The van der Waals surface area contributed by atoms with Gasteiger partial charge in [-0.1, -0.05) is 88.4 Å². The van der Waals surface area contributed by atoms with Crippen LogP contribution >= 0.6 is 0 Å². The van der Waals surface area contributed by atoms with Crippen molar-refractivity contribution in [1.29, 1.82) is 5.41 Å². The van der Waals surface area contributed by atoms with Crippen LogP contribution in [0.5, 0.6) is 23.0 Å². The predicted octanol–water partition coefficient (Wildman–Crippen LogP) is 6.41. The van der Waals surface area contributed by atoms with Crippen molar-refractivity contribution in [2.45, 2.75) is 85.6 Å². The molecule has 0 saturated carbocycles. The number of rotatable bonds is 5. The second kappa shape index (κ2) is 20.8. The number of methoxy groups -OCH3 is 1. The number of esters is 1. The maximum Gasteiger partial charge on any atom is 0.312 e. The summed E-state index contributed by atoms with van der Waals surface area (Å²) >= 11 is 0. The maximum atomic E-state index is 14.7. The van der Waals surface area contributed by atoms with E-state index in [1.165, 1.54) is 53.2 Å². The molecule has 0 aromatic heterocycles.